The molecule has 0 aromatic rings. The summed E-state index contributed by atoms with van der Waals surface area (Å²) < 4.78 is 4.76. The molecule has 2 bridgehead atoms. The lowest BCUT2D eigenvalue weighted by atomic mass is 9.98. The first-order valence-electron chi connectivity index (χ1n) is 7.25. The molecule has 19 heavy (non-hydrogen) atoms. The van der Waals surface area contributed by atoms with E-state index >= 15 is 0 Å². The molecule has 110 valence electrons. The molecule has 0 saturated carbocycles. The monoisotopic (exact) mass is 269 g/mol. The molecular formula is C14H27N3O2. The van der Waals surface area contributed by atoms with E-state index in [4.69, 9.17) is 10.5 Å². The van der Waals surface area contributed by atoms with Gasteiger partial charge < -0.3 is 15.4 Å². The molecule has 2 saturated heterocycles. The third-order valence-electron chi connectivity index (χ3n) is 4.83. The largest absolute Gasteiger partial charge is 0.468 e. The maximum atomic E-state index is 11.6. The number of nitrogens with zero attached hydrogens (tertiary/aromatic N) is 2. The summed E-state index contributed by atoms with van der Waals surface area (Å²) in [5.41, 5.74) is 5.15. The fourth-order valence-corrected chi connectivity index (χ4v) is 3.31. The predicted octanol–water partition coefficient (Wildman–Crippen LogP) is 0.435. The van der Waals surface area contributed by atoms with E-state index in [1.165, 1.54) is 26.4 Å². The van der Waals surface area contributed by atoms with E-state index in [1.54, 1.807) is 6.92 Å². The summed E-state index contributed by atoms with van der Waals surface area (Å²) in [4.78, 5) is 16.6. The summed E-state index contributed by atoms with van der Waals surface area (Å²) in [6.07, 6.45) is 4.52. The molecule has 3 unspecified atom stereocenters. The van der Waals surface area contributed by atoms with Crippen molar-refractivity contribution in [3.8, 4) is 0 Å². The third-order valence-corrected chi connectivity index (χ3v) is 4.83. The fraction of sp³-hybridized carbons (Fsp3) is 0.929. The molecule has 5 heteroatoms. The minimum absolute atomic E-state index is 0.319. The highest BCUT2D eigenvalue weighted by Crippen LogP contribution is 2.28. The Morgan fingerprint density at radius 3 is 2.74 bits per heavy atom. The second-order valence-corrected chi connectivity index (χ2v) is 6.30. The molecule has 2 aliphatic heterocycles. The maximum absolute atomic E-state index is 11.6. The van der Waals surface area contributed by atoms with Crippen molar-refractivity contribution in [3.05, 3.63) is 0 Å². The topological polar surface area (TPSA) is 58.8 Å². The summed E-state index contributed by atoms with van der Waals surface area (Å²) >= 11 is 0. The van der Waals surface area contributed by atoms with Gasteiger partial charge in [-0.1, -0.05) is 0 Å². The van der Waals surface area contributed by atoms with Crippen LogP contribution in [0.3, 0.4) is 0 Å². The van der Waals surface area contributed by atoms with Gasteiger partial charge in [0.2, 0.25) is 0 Å². The van der Waals surface area contributed by atoms with Gasteiger partial charge in [-0.3, -0.25) is 9.69 Å². The Hall–Kier alpha value is -0.650. The van der Waals surface area contributed by atoms with Gasteiger partial charge >= 0.3 is 5.97 Å². The number of likely N-dealkylation sites (tertiary alicyclic amines) is 1. The van der Waals surface area contributed by atoms with Gasteiger partial charge in [-0.15, -0.1) is 0 Å². The first-order chi connectivity index (χ1) is 8.94. The zero-order valence-corrected chi connectivity index (χ0v) is 12.4. The van der Waals surface area contributed by atoms with Crippen molar-refractivity contribution in [1.29, 1.82) is 0 Å². The summed E-state index contributed by atoms with van der Waals surface area (Å²) in [5.74, 6) is -0.319. The number of methoxy groups -OCH3 is 1. The molecule has 0 aromatic carbocycles. The number of carbonyl (C=O) groups is 1. The van der Waals surface area contributed by atoms with E-state index in [-0.39, 0.29) is 5.97 Å². The van der Waals surface area contributed by atoms with Crippen LogP contribution in [-0.4, -0.2) is 67.2 Å². The number of likely N-dealkylation sites (N-methyl/N-ethyl adjacent to an activating group) is 1. The summed E-state index contributed by atoms with van der Waals surface area (Å²) in [6, 6.07) is 1.43. The van der Waals surface area contributed by atoms with Crippen molar-refractivity contribution < 1.29 is 9.53 Å². The average Bonchev–Trinajstić information content (AvgIpc) is 2.61. The van der Waals surface area contributed by atoms with Gasteiger partial charge in [-0.2, -0.15) is 0 Å². The maximum Gasteiger partial charge on any atom is 0.325 e. The smallest absolute Gasteiger partial charge is 0.325 e. The molecule has 2 aliphatic rings. The van der Waals surface area contributed by atoms with Gasteiger partial charge in [0.15, 0.2) is 0 Å². The lowest BCUT2D eigenvalue weighted by Gasteiger charge is -2.29. The van der Waals surface area contributed by atoms with Gasteiger partial charge in [0.1, 0.15) is 5.54 Å². The standard InChI is InChI=1S/C14H27N3O2/c1-14(15,13(18)19-3)7-9-17-8-6-11-4-5-12(10-17)16(11)2/h11-12H,4-10,15H2,1-3H3. The quantitative estimate of drug-likeness (QED) is 0.750. The number of fused-ring (bicyclic) bond motifs is 2. The third kappa shape index (κ3) is 3.27. The average molecular weight is 269 g/mol. The fourth-order valence-electron chi connectivity index (χ4n) is 3.31. The Bertz CT molecular complexity index is 333. The van der Waals surface area contributed by atoms with E-state index in [0.717, 1.165) is 25.7 Å². The zero-order chi connectivity index (χ0) is 14.0. The van der Waals surface area contributed by atoms with Crippen LogP contribution in [0.15, 0.2) is 0 Å². The van der Waals surface area contributed by atoms with Gasteiger partial charge in [0.05, 0.1) is 7.11 Å². The van der Waals surface area contributed by atoms with Crippen LogP contribution in [-0.2, 0) is 9.53 Å². The number of nitrogens with two attached hydrogens (primary N) is 1. The van der Waals surface area contributed by atoms with Crippen LogP contribution in [0.4, 0.5) is 0 Å². The van der Waals surface area contributed by atoms with Crippen LogP contribution in [0.2, 0.25) is 0 Å². The molecule has 2 rings (SSSR count). The number of hydrogen-bond acceptors (Lipinski definition) is 5. The van der Waals surface area contributed by atoms with E-state index in [9.17, 15) is 4.79 Å². The number of esters is 1. The molecule has 0 spiro atoms. The number of carbonyl (C=O) groups excluding carboxylic acids is 1. The molecule has 0 radical (unpaired) electrons. The predicted molar refractivity (Wildman–Crippen MR) is 74.9 cm³/mol. The molecule has 3 atom stereocenters. The molecule has 0 aliphatic carbocycles. The summed E-state index contributed by atoms with van der Waals surface area (Å²) in [5, 5.41) is 0. The van der Waals surface area contributed by atoms with Gasteiger partial charge in [-0.25, -0.2) is 0 Å². The highest BCUT2D eigenvalue weighted by molar-refractivity contribution is 5.79. The van der Waals surface area contributed by atoms with Crippen LogP contribution in [0.5, 0.6) is 0 Å². The van der Waals surface area contributed by atoms with Crippen molar-refractivity contribution in [1.82, 2.24) is 9.80 Å². The molecular weight excluding hydrogens is 242 g/mol. The Labute approximate surface area is 116 Å². The minimum atomic E-state index is -0.869. The van der Waals surface area contributed by atoms with E-state index in [0.29, 0.717) is 12.5 Å². The molecule has 5 nitrogen and oxygen atoms in total. The molecule has 0 aromatic heterocycles. The van der Waals surface area contributed by atoms with Crippen LogP contribution in [0, 0.1) is 0 Å². The molecule has 2 fully saturated rings. The number of hydrogen-bond donors (Lipinski definition) is 1. The summed E-state index contributed by atoms with van der Waals surface area (Å²) in [7, 11) is 3.64. The van der Waals surface area contributed by atoms with E-state index in [2.05, 4.69) is 16.8 Å². The Morgan fingerprint density at radius 2 is 2.05 bits per heavy atom. The van der Waals surface area contributed by atoms with Gasteiger partial charge in [0.25, 0.3) is 0 Å². The highest BCUT2D eigenvalue weighted by atomic mass is 16.5. The van der Waals surface area contributed by atoms with Crippen LogP contribution in [0.1, 0.15) is 32.6 Å². The minimum Gasteiger partial charge on any atom is -0.468 e. The molecule has 2 N–H and O–H groups in total. The van der Waals surface area contributed by atoms with Crippen LogP contribution in [0.25, 0.3) is 0 Å². The molecule has 2 heterocycles. The van der Waals surface area contributed by atoms with Crippen LogP contribution < -0.4 is 5.73 Å². The van der Waals surface area contributed by atoms with Crippen molar-refractivity contribution in [3.63, 3.8) is 0 Å². The zero-order valence-electron chi connectivity index (χ0n) is 12.4. The SMILES string of the molecule is COC(=O)C(C)(N)CCN1CCC2CCC(C1)N2C. The summed E-state index contributed by atoms with van der Waals surface area (Å²) in [6.45, 7) is 4.85. The lowest BCUT2D eigenvalue weighted by molar-refractivity contribution is -0.146. The first kappa shape index (κ1) is 14.8. The van der Waals surface area contributed by atoms with Crippen molar-refractivity contribution in [2.24, 2.45) is 5.73 Å². The Morgan fingerprint density at radius 1 is 1.37 bits per heavy atom. The number of rotatable bonds is 4. The van der Waals surface area contributed by atoms with Gasteiger partial charge in [-0.05, 0) is 46.2 Å². The number of ether oxygens (including phenoxy) is 1. The molecule has 0 amide bonds. The Balaban J connectivity index is 1.85. The van der Waals surface area contributed by atoms with Crippen molar-refractivity contribution in [2.45, 2.75) is 50.2 Å². The normalized spacial score (nSPS) is 31.8. The van der Waals surface area contributed by atoms with Crippen molar-refractivity contribution >= 4 is 5.97 Å². The Kier molecular flexibility index (Phi) is 4.48. The van der Waals surface area contributed by atoms with E-state index in [1.807, 2.05) is 0 Å². The van der Waals surface area contributed by atoms with E-state index < -0.39 is 5.54 Å². The second-order valence-electron chi connectivity index (χ2n) is 6.30. The van der Waals surface area contributed by atoms with Crippen LogP contribution >= 0.6 is 0 Å². The van der Waals surface area contributed by atoms with Gasteiger partial charge in [0, 0.05) is 25.2 Å². The lowest BCUT2D eigenvalue weighted by Crippen LogP contribution is -2.48. The highest BCUT2D eigenvalue weighted by Gasteiger charge is 2.36. The second kappa shape index (κ2) is 5.77. The van der Waals surface area contributed by atoms with Crippen molar-refractivity contribution in [2.75, 3.05) is 33.8 Å². The first-order valence-corrected chi connectivity index (χ1v) is 7.25.